The number of aromatic nitrogens is 1. The zero-order chi connectivity index (χ0) is 21.1. The second-order valence-electron chi connectivity index (χ2n) is 6.58. The Hall–Kier alpha value is -3.52. The van der Waals surface area contributed by atoms with E-state index in [1.165, 1.54) is 23.5 Å². The first-order valence-electron chi connectivity index (χ1n) is 9.25. The Morgan fingerprint density at radius 1 is 1.33 bits per heavy atom. The standard InChI is InChI=1S/C22H19FN4O2S/c1-3-10-24-22-27(26-14(2)15-4-7-17(23)8-5-15)19(13-30-22)16-6-9-20-18(11-16)25-21(28)12-29-20/h3-9,11,13H,1,10,12H2,2H3,(H,25,28). The van der Waals surface area contributed by atoms with Gasteiger partial charge in [-0.25, -0.2) is 9.07 Å². The Morgan fingerprint density at radius 3 is 2.90 bits per heavy atom. The first kappa shape index (κ1) is 19.8. The van der Waals surface area contributed by atoms with E-state index in [9.17, 15) is 9.18 Å². The Morgan fingerprint density at radius 2 is 2.13 bits per heavy atom. The van der Waals surface area contributed by atoms with Crippen LogP contribution in [0.3, 0.4) is 0 Å². The molecule has 1 aromatic heterocycles. The summed E-state index contributed by atoms with van der Waals surface area (Å²) in [5.74, 6) is 0.141. The van der Waals surface area contributed by atoms with E-state index in [0.717, 1.165) is 16.8 Å². The summed E-state index contributed by atoms with van der Waals surface area (Å²) in [7, 11) is 0. The van der Waals surface area contributed by atoms with Gasteiger partial charge in [0.15, 0.2) is 6.61 Å². The van der Waals surface area contributed by atoms with Crippen LogP contribution in [0.25, 0.3) is 11.3 Å². The van der Waals surface area contributed by atoms with Gasteiger partial charge >= 0.3 is 0 Å². The summed E-state index contributed by atoms with van der Waals surface area (Å²) in [6.45, 7) is 6.05. The molecule has 8 heteroatoms. The lowest BCUT2D eigenvalue weighted by molar-refractivity contribution is -0.118. The van der Waals surface area contributed by atoms with Crippen molar-refractivity contribution in [1.82, 2.24) is 4.68 Å². The van der Waals surface area contributed by atoms with Crippen molar-refractivity contribution in [3.8, 4) is 17.0 Å². The summed E-state index contributed by atoms with van der Waals surface area (Å²) in [6, 6.07) is 11.8. The summed E-state index contributed by atoms with van der Waals surface area (Å²) < 4.78 is 20.5. The number of carbonyl (C=O) groups is 1. The van der Waals surface area contributed by atoms with Crippen LogP contribution >= 0.6 is 11.3 Å². The highest BCUT2D eigenvalue weighted by Crippen LogP contribution is 2.33. The number of hydrogen-bond donors (Lipinski definition) is 1. The summed E-state index contributed by atoms with van der Waals surface area (Å²) in [4.78, 5) is 16.9. The first-order valence-corrected chi connectivity index (χ1v) is 10.1. The molecule has 30 heavy (non-hydrogen) atoms. The summed E-state index contributed by atoms with van der Waals surface area (Å²) in [5, 5.41) is 9.53. The van der Waals surface area contributed by atoms with Crippen molar-refractivity contribution in [2.24, 2.45) is 10.1 Å². The monoisotopic (exact) mass is 422 g/mol. The minimum absolute atomic E-state index is 0.0105. The molecule has 0 spiro atoms. The number of halogens is 1. The van der Waals surface area contributed by atoms with Crippen LogP contribution in [0.4, 0.5) is 10.1 Å². The highest BCUT2D eigenvalue weighted by molar-refractivity contribution is 7.07. The molecule has 1 amide bonds. The molecule has 0 atom stereocenters. The predicted molar refractivity (Wildman–Crippen MR) is 117 cm³/mol. The fourth-order valence-corrected chi connectivity index (χ4v) is 3.83. The van der Waals surface area contributed by atoms with Gasteiger partial charge in [-0.05, 0) is 42.8 Å². The third-order valence-electron chi connectivity index (χ3n) is 4.46. The molecule has 0 saturated heterocycles. The van der Waals surface area contributed by atoms with Crippen molar-refractivity contribution in [2.75, 3.05) is 18.5 Å². The number of benzene rings is 2. The Kier molecular flexibility index (Phi) is 5.58. The molecule has 0 fully saturated rings. The van der Waals surface area contributed by atoms with Gasteiger partial charge in [-0.1, -0.05) is 18.2 Å². The quantitative estimate of drug-likeness (QED) is 0.498. The molecule has 0 aliphatic carbocycles. The Bertz CT molecular complexity index is 1210. The number of ether oxygens (including phenoxy) is 1. The minimum atomic E-state index is -0.296. The highest BCUT2D eigenvalue weighted by atomic mass is 32.1. The van der Waals surface area contributed by atoms with E-state index in [2.05, 4.69) is 16.9 Å². The molecule has 1 aliphatic rings. The van der Waals surface area contributed by atoms with E-state index in [4.69, 9.17) is 9.84 Å². The molecule has 0 bridgehead atoms. The van der Waals surface area contributed by atoms with Gasteiger partial charge in [0.05, 0.1) is 23.6 Å². The van der Waals surface area contributed by atoms with Gasteiger partial charge < -0.3 is 10.1 Å². The molecule has 152 valence electrons. The summed E-state index contributed by atoms with van der Waals surface area (Å²) >= 11 is 1.45. The number of carbonyl (C=O) groups excluding carboxylic acids is 1. The lowest BCUT2D eigenvalue weighted by atomic mass is 10.1. The van der Waals surface area contributed by atoms with Crippen LogP contribution < -0.4 is 14.9 Å². The zero-order valence-electron chi connectivity index (χ0n) is 16.3. The van der Waals surface area contributed by atoms with Crippen LogP contribution in [0, 0.1) is 5.82 Å². The van der Waals surface area contributed by atoms with Crippen molar-refractivity contribution in [3.05, 3.63) is 76.7 Å². The number of amides is 1. The minimum Gasteiger partial charge on any atom is -0.482 e. The molecular formula is C22H19FN4O2S. The van der Waals surface area contributed by atoms with Crippen LogP contribution in [0.1, 0.15) is 12.5 Å². The number of nitrogens with zero attached hydrogens (tertiary/aromatic N) is 3. The maximum atomic E-state index is 13.3. The smallest absolute Gasteiger partial charge is 0.262 e. The van der Waals surface area contributed by atoms with Crippen molar-refractivity contribution in [2.45, 2.75) is 6.92 Å². The number of anilines is 1. The number of hydrogen-bond acceptors (Lipinski definition) is 5. The molecule has 4 rings (SSSR count). The second-order valence-corrected chi connectivity index (χ2v) is 7.42. The van der Waals surface area contributed by atoms with Gasteiger partial charge in [-0.15, -0.1) is 17.9 Å². The summed E-state index contributed by atoms with van der Waals surface area (Å²) in [5.41, 5.74) is 3.80. The number of rotatable bonds is 5. The fourth-order valence-electron chi connectivity index (χ4n) is 2.99. The Labute approximate surface area is 176 Å². The third kappa shape index (κ3) is 4.08. The van der Waals surface area contributed by atoms with Gasteiger partial charge in [-0.2, -0.15) is 5.10 Å². The largest absolute Gasteiger partial charge is 0.482 e. The molecule has 0 saturated carbocycles. The number of nitrogens with one attached hydrogen (secondary N) is 1. The van der Waals surface area contributed by atoms with Crippen LogP contribution in [0.2, 0.25) is 0 Å². The molecule has 6 nitrogen and oxygen atoms in total. The van der Waals surface area contributed by atoms with E-state index in [-0.39, 0.29) is 18.3 Å². The molecule has 1 aliphatic heterocycles. The van der Waals surface area contributed by atoms with Crippen molar-refractivity contribution in [3.63, 3.8) is 0 Å². The van der Waals surface area contributed by atoms with Crippen molar-refractivity contribution < 1.29 is 13.9 Å². The SMILES string of the molecule is C=CCN=c1scc(-c2ccc3c(c2)NC(=O)CO3)n1N=C(C)c1ccc(F)cc1. The van der Waals surface area contributed by atoms with E-state index < -0.39 is 0 Å². The topological polar surface area (TPSA) is 68.0 Å². The number of fused-ring (bicyclic) bond motifs is 1. The van der Waals surface area contributed by atoms with Gasteiger partial charge in [0.25, 0.3) is 5.91 Å². The van der Waals surface area contributed by atoms with E-state index in [0.29, 0.717) is 28.5 Å². The van der Waals surface area contributed by atoms with Gasteiger partial charge in [0.1, 0.15) is 11.6 Å². The maximum Gasteiger partial charge on any atom is 0.262 e. The average molecular weight is 422 g/mol. The van der Waals surface area contributed by atoms with E-state index in [1.54, 1.807) is 22.9 Å². The van der Waals surface area contributed by atoms with Crippen LogP contribution in [0.5, 0.6) is 5.75 Å². The lowest BCUT2D eigenvalue weighted by Gasteiger charge is -2.18. The molecule has 2 aromatic carbocycles. The average Bonchev–Trinajstić information content (AvgIpc) is 3.14. The van der Waals surface area contributed by atoms with Gasteiger partial charge in [0, 0.05) is 10.9 Å². The zero-order valence-corrected chi connectivity index (χ0v) is 17.1. The third-order valence-corrected chi connectivity index (χ3v) is 5.32. The molecular weight excluding hydrogens is 403 g/mol. The van der Waals surface area contributed by atoms with Crippen molar-refractivity contribution in [1.29, 1.82) is 0 Å². The maximum absolute atomic E-state index is 13.3. The normalized spacial score (nSPS) is 14.1. The lowest BCUT2D eigenvalue weighted by Crippen LogP contribution is -2.25. The molecule has 0 radical (unpaired) electrons. The molecule has 0 unspecified atom stereocenters. The van der Waals surface area contributed by atoms with Crippen LogP contribution in [0.15, 0.2) is 70.6 Å². The molecule has 1 N–H and O–H groups in total. The first-order chi connectivity index (χ1) is 14.5. The Balaban J connectivity index is 1.82. The highest BCUT2D eigenvalue weighted by Gasteiger charge is 2.18. The van der Waals surface area contributed by atoms with Crippen molar-refractivity contribution >= 4 is 28.6 Å². The van der Waals surface area contributed by atoms with Crippen LogP contribution in [-0.4, -0.2) is 29.4 Å². The summed E-state index contributed by atoms with van der Waals surface area (Å²) in [6.07, 6.45) is 1.71. The molecule has 3 aromatic rings. The van der Waals surface area contributed by atoms with Gasteiger partial charge in [0.2, 0.25) is 4.80 Å². The molecule has 2 heterocycles. The predicted octanol–water partition coefficient (Wildman–Crippen LogP) is 4.05. The van der Waals surface area contributed by atoms with Crippen LogP contribution in [-0.2, 0) is 4.79 Å². The second kappa shape index (κ2) is 8.46. The fraction of sp³-hybridized carbons (Fsp3) is 0.136. The van der Waals surface area contributed by atoms with Gasteiger partial charge in [-0.3, -0.25) is 9.79 Å². The number of thiazole rings is 1. The van der Waals surface area contributed by atoms with E-state index in [1.807, 2.05) is 30.5 Å². The van der Waals surface area contributed by atoms with E-state index >= 15 is 0 Å².